The van der Waals surface area contributed by atoms with Gasteiger partial charge in [0.25, 0.3) is 0 Å². The zero-order valence-electron chi connectivity index (χ0n) is 17.9. The van der Waals surface area contributed by atoms with Gasteiger partial charge in [0.1, 0.15) is 0 Å². The van der Waals surface area contributed by atoms with E-state index in [1.165, 1.54) is 69.0 Å². The molecular weight excluding hydrogens is 404 g/mol. The second-order valence-corrected chi connectivity index (χ2v) is 12.2. The van der Waals surface area contributed by atoms with E-state index >= 15 is 0 Å². The van der Waals surface area contributed by atoms with Crippen molar-refractivity contribution in [1.29, 1.82) is 0 Å². The number of hydrogen-bond donors (Lipinski definition) is 0. The Bertz CT molecular complexity index is 829. The highest BCUT2D eigenvalue weighted by molar-refractivity contribution is 7.88. The number of benzene rings is 1. The van der Waals surface area contributed by atoms with E-state index in [0.29, 0.717) is 18.6 Å². The lowest BCUT2D eigenvalue weighted by molar-refractivity contribution is 0.123. The van der Waals surface area contributed by atoms with Crippen LogP contribution in [0.1, 0.15) is 73.9 Å². The van der Waals surface area contributed by atoms with Crippen LogP contribution in [0.3, 0.4) is 0 Å². The van der Waals surface area contributed by atoms with Gasteiger partial charge in [-0.05, 0) is 81.1 Å². The molecule has 0 aromatic heterocycles. The Kier molecular flexibility index (Phi) is 6.32. The molecule has 1 atom stereocenters. The van der Waals surface area contributed by atoms with Crippen molar-refractivity contribution in [2.45, 2.75) is 75.8 Å². The molecule has 1 aromatic carbocycles. The van der Waals surface area contributed by atoms with E-state index in [-0.39, 0.29) is 5.38 Å². The second kappa shape index (κ2) is 8.49. The summed E-state index contributed by atoms with van der Waals surface area (Å²) in [4.78, 5) is 2.71. The Labute approximate surface area is 181 Å². The molecule has 0 N–H and O–H groups in total. The van der Waals surface area contributed by atoms with Crippen molar-refractivity contribution in [3.63, 3.8) is 0 Å². The van der Waals surface area contributed by atoms with Gasteiger partial charge in [0.15, 0.2) is 0 Å². The average molecular weight is 439 g/mol. The van der Waals surface area contributed by atoms with Crippen LogP contribution in [0.15, 0.2) is 18.2 Å². The Morgan fingerprint density at radius 2 is 1.90 bits per heavy atom. The minimum atomic E-state index is -3.12. The molecule has 1 unspecified atom stereocenters. The van der Waals surface area contributed by atoms with E-state index in [4.69, 9.17) is 11.6 Å². The van der Waals surface area contributed by atoms with Crippen LogP contribution in [0.5, 0.6) is 0 Å². The maximum Gasteiger partial charge on any atom is 0.211 e. The molecule has 4 nitrogen and oxygen atoms in total. The van der Waals surface area contributed by atoms with Gasteiger partial charge in [-0.25, -0.2) is 8.42 Å². The molecule has 0 spiro atoms. The molecule has 162 valence electrons. The Morgan fingerprint density at radius 3 is 2.55 bits per heavy atom. The van der Waals surface area contributed by atoms with Crippen molar-refractivity contribution in [2.75, 3.05) is 25.9 Å². The third-order valence-electron chi connectivity index (χ3n) is 7.46. The minimum absolute atomic E-state index is 0.0544. The lowest BCUT2D eigenvalue weighted by Crippen LogP contribution is -2.41. The summed E-state index contributed by atoms with van der Waals surface area (Å²) in [6.45, 7) is 6.03. The summed E-state index contributed by atoms with van der Waals surface area (Å²) in [5.41, 5.74) is 4.10. The van der Waals surface area contributed by atoms with Crippen molar-refractivity contribution in [2.24, 2.45) is 5.92 Å². The first kappa shape index (κ1) is 21.6. The maximum absolute atomic E-state index is 11.8. The molecule has 1 aromatic rings. The molecule has 2 heterocycles. The highest BCUT2D eigenvalue weighted by Crippen LogP contribution is 2.43. The van der Waals surface area contributed by atoms with Crippen molar-refractivity contribution < 1.29 is 8.42 Å². The monoisotopic (exact) mass is 438 g/mol. The van der Waals surface area contributed by atoms with Crippen molar-refractivity contribution in [1.82, 2.24) is 9.21 Å². The molecule has 3 aliphatic rings. The van der Waals surface area contributed by atoms with Crippen LogP contribution in [-0.4, -0.2) is 49.1 Å². The lowest BCUT2D eigenvalue weighted by atomic mass is 9.89. The Morgan fingerprint density at radius 1 is 1.17 bits per heavy atom. The molecule has 4 rings (SSSR count). The third-order valence-corrected chi connectivity index (χ3v) is 9.18. The van der Waals surface area contributed by atoms with Crippen LogP contribution in [0.4, 0.5) is 0 Å². The first-order chi connectivity index (χ1) is 13.7. The predicted molar refractivity (Wildman–Crippen MR) is 120 cm³/mol. The average Bonchev–Trinajstić information content (AvgIpc) is 3.45. The number of sulfonamides is 1. The number of hydrogen-bond acceptors (Lipinski definition) is 3. The van der Waals surface area contributed by atoms with Gasteiger partial charge in [-0.1, -0.05) is 31.0 Å². The predicted octanol–water partition coefficient (Wildman–Crippen LogP) is 4.72. The van der Waals surface area contributed by atoms with Gasteiger partial charge in [0, 0.05) is 18.6 Å². The van der Waals surface area contributed by atoms with Crippen LogP contribution in [-0.2, 0) is 23.0 Å². The summed E-state index contributed by atoms with van der Waals surface area (Å²) >= 11 is 6.74. The summed E-state index contributed by atoms with van der Waals surface area (Å²) < 4.78 is 25.1. The van der Waals surface area contributed by atoms with Gasteiger partial charge < -0.3 is 0 Å². The molecule has 0 amide bonds. The molecular formula is C23H35ClN2O2S. The molecule has 1 saturated heterocycles. The van der Waals surface area contributed by atoms with Crippen LogP contribution in [0.2, 0.25) is 0 Å². The summed E-state index contributed by atoms with van der Waals surface area (Å²) in [5, 5.41) is 0.0544. The molecule has 29 heavy (non-hydrogen) atoms. The van der Waals surface area contributed by atoms with Crippen molar-refractivity contribution in [3.8, 4) is 0 Å². The molecule has 2 aliphatic heterocycles. The van der Waals surface area contributed by atoms with Crippen LogP contribution in [0.25, 0.3) is 0 Å². The lowest BCUT2D eigenvalue weighted by Gasteiger charge is -2.36. The van der Waals surface area contributed by atoms with E-state index in [1.807, 2.05) is 0 Å². The molecule has 6 heteroatoms. The van der Waals surface area contributed by atoms with Gasteiger partial charge >= 0.3 is 0 Å². The largest absolute Gasteiger partial charge is 0.298 e. The van der Waals surface area contributed by atoms with Crippen LogP contribution in [0, 0.1) is 5.92 Å². The topological polar surface area (TPSA) is 40.6 Å². The number of rotatable bonds is 7. The smallest absolute Gasteiger partial charge is 0.211 e. The Balaban J connectivity index is 1.24. The first-order valence-electron chi connectivity index (χ1n) is 11.2. The van der Waals surface area contributed by atoms with Gasteiger partial charge in [0.2, 0.25) is 10.0 Å². The quantitative estimate of drug-likeness (QED) is 0.578. The van der Waals surface area contributed by atoms with E-state index in [0.717, 1.165) is 24.3 Å². The van der Waals surface area contributed by atoms with Crippen LogP contribution >= 0.6 is 11.6 Å². The zero-order chi connectivity index (χ0) is 20.6. The normalized spacial score (nSPS) is 24.2. The SMILES string of the molecule is CC1(N2CCC(CCCC(Cl)c3ccc4c(c3)CCN(S(C)(=O)=O)C4)CC2)CC1. The van der Waals surface area contributed by atoms with E-state index in [1.54, 1.807) is 4.31 Å². The number of nitrogens with zero attached hydrogens (tertiary/aromatic N) is 2. The molecule has 0 radical (unpaired) electrons. The fraction of sp³-hybridized carbons (Fsp3) is 0.739. The van der Waals surface area contributed by atoms with Gasteiger partial charge in [-0.15, -0.1) is 11.6 Å². The summed E-state index contributed by atoms with van der Waals surface area (Å²) in [6.07, 6.45) is 11.0. The second-order valence-electron chi connectivity index (χ2n) is 9.70. The molecule has 0 bridgehead atoms. The van der Waals surface area contributed by atoms with Crippen molar-refractivity contribution >= 4 is 21.6 Å². The maximum atomic E-state index is 11.8. The summed E-state index contributed by atoms with van der Waals surface area (Å²) in [5.74, 6) is 0.864. The van der Waals surface area contributed by atoms with Gasteiger partial charge in [-0.3, -0.25) is 4.90 Å². The van der Waals surface area contributed by atoms with Crippen LogP contribution < -0.4 is 0 Å². The highest BCUT2D eigenvalue weighted by Gasteiger charge is 2.43. The zero-order valence-corrected chi connectivity index (χ0v) is 19.4. The molecule has 2 fully saturated rings. The first-order valence-corrected chi connectivity index (χ1v) is 13.5. The van der Waals surface area contributed by atoms with E-state index < -0.39 is 10.0 Å². The van der Waals surface area contributed by atoms with Gasteiger partial charge in [0.05, 0.1) is 11.6 Å². The fourth-order valence-corrected chi connectivity index (χ4v) is 6.12. The third kappa shape index (κ3) is 5.17. The highest BCUT2D eigenvalue weighted by atomic mass is 35.5. The standard InChI is InChI=1S/C23H35ClN2O2S/c1-23(11-12-23)25-13-8-18(9-14-25)4-3-5-22(24)20-6-7-21-17-26(29(2,27)28)15-10-19(21)16-20/h6-7,16,18,22H,3-5,8-15,17H2,1-2H3. The number of alkyl halides is 1. The van der Waals surface area contributed by atoms with Crippen molar-refractivity contribution in [3.05, 3.63) is 34.9 Å². The van der Waals surface area contributed by atoms with E-state index in [2.05, 4.69) is 30.0 Å². The number of fused-ring (bicyclic) bond motifs is 1. The summed E-state index contributed by atoms with van der Waals surface area (Å²) in [6, 6.07) is 6.38. The van der Waals surface area contributed by atoms with E-state index in [9.17, 15) is 8.42 Å². The van der Waals surface area contributed by atoms with Gasteiger partial charge in [-0.2, -0.15) is 4.31 Å². The number of halogens is 1. The number of likely N-dealkylation sites (tertiary alicyclic amines) is 1. The molecule has 1 aliphatic carbocycles. The Hall–Kier alpha value is -0.620. The number of piperidine rings is 1. The summed E-state index contributed by atoms with van der Waals surface area (Å²) in [7, 11) is -3.12. The fourth-order valence-electron chi connectivity index (χ4n) is 5.04. The molecule has 1 saturated carbocycles. The minimum Gasteiger partial charge on any atom is -0.298 e.